The summed E-state index contributed by atoms with van der Waals surface area (Å²) in [6.07, 6.45) is 1.94. The van der Waals surface area contributed by atoms with Gasteiger partial charge in [0.1, 0.15) is 11.9 Å². The molecule has 4 nitrogen and oxygen atoms in total. The van der Waals surface area contributed by atoms with E-state index < -0.39 is 6.04 Å². The van der Waals surface area contributed by atoms with E-state index in [1.807, 2.05) is 0 Å². The molecule has 0 fully saturated rings. The number of carbonyl (C=O) groups is 2. The second-order valence-corrected chi connectivity index (χ2v) is 6.22. The smallest absolute Gasteiger partial charge is 0.245 e. The molecule has 6 heteroatoms. The number of nitrogens with zero attached hydrogens (tertiary/aromatic N) is 1. The Labute approximate surface area is 135 Å². The molecule has 1 aromatic carbocycles. The lowest BCUT2D eigenvalue weighted by Gasteiger charge is -2.24. The normalized spacial score (nSPS) is 11.8. The molecule has 2 amide bonds. The third-order valence-corrected chi connectivity index (χ3v) is 4.23. The van der Waals surface area contributed by atoms with Crippen LogP contribution in [-0.2, 0) is 9.59 Å². The molecular weight excluding hydrogens is 303 g/mol. The first-order valence-electron chi connectivity index (χ1n) is 7.34. The number of benzene rings is 1. The van der Waals surface area contributed by atoms with Crippen LogP contribution in [0.15, 0.2) is 29.2 Å². The van der Waals surface area contributed by atoms with Crippen LogP contribution in [0.1, 0.15) is 26.7 Å². The number of rotatable bonds is 8. The van der Waals surface area contributed by atoms with Crippen LogP contribution in [0.5, 0.6) is 0 Å². The van der Waals surface area contributed by atoms with Gasteiger partial charge in [0.25, 0.3) is 0 Å². The number of hydrogen-bond acceptors (Lipinski definition) is 3. The molecule has 1 rings (SSSR count). The average Bonchev–Trinajstić information content (AvgIpc) is 2.49. The standard InChI is InChI=1S/C16H23FN2O2S/c1-4-5-10-19(3)16(21)15(18-12(2)20)11-22-14-8-6-13(17)7-9-14/h6-9,15H,4-5,10-11H2,1-3H3,(H,18,20). The molecule has 122 valence electrons. The fourth-order valence-corrected chi connectivity index (χ4v) is 2.82. The van der Waals surface area contributed by atoms with Crippen LogP contribution >= 0.6 is 11.8 Å². The largest absolute Gasteiger partial charge is 0.344 e. The number of likely N-dealkylation sites (N-methyl/N-ethyl adjacent to an activating group) is 1. The Balaban J connectivity index is 2.65. The van der Waals surface area contributed by atoms with Gasteiger partial charge in [0.05, 0.1) is 0 Å². The quantitative estimate of drug-likeness (QED) is 0.747. The van der Waals surface area contributed by atoms with Crippen molar-refractivity contribution in [2.45, 2.75) is 37.6 Å². The van der Waals surface area contributed by atoms with Crippen LogP contribution in [0.3, 0.4) is 0 Å². The molecule has 1 aromatic rings. The van der Waals surface area contributed by atoms with E-state index in [9.17, 15) is 14.0 Å². The Bertz CT molecular complexity index is 493. The van der Waals surface area contributed by atoms with Crippen LogP contribution in [0.2, 0.25) is 0 Å². The summed E-state index contributed by atoms with van der Waals surface area (Å²) in [7, 11) is 1.75. The number of nitrogens with one attached hydrogen (secondary N) is 1. The first-order chi connectivity index (χ1) is 10.4. The van der Waals surface area contributed by atoms with E-state index in [1.54, 1.807) is 24.1 Å². The van der Waals surface area contributed by atoms with Crippen molar-refractivity contribution in [3.63, 3.8) is 0 Å². The average molecular weight is 326 g/mol. The molecule has 1 unspecified atom stereocenters. The zero-order chi connectivity index (χ0) is 16.5. The highest BCUT2D eigenvalue weighted by molar-refractivity contribution is 7.99. The highest BCUT2D eigenvalue weighted by atomic mass is 32.2. The van der Waals surface area contributed by atoms with Crippen molar-refractivity contribution in [1.82, 2.24) is 10.2 Å². The highest BCUT2D eigenvalue weighted by Crippen LogP contribution is 2.19. The zero-order valence-corrected chi connectivity index (χ0v) is 14.1. The van der Waals surface area contributed by atoms with Gasteiger partial charge in [-0.25, -0.2) is 4.39 Å². The van der Waals surface area contributed by atoms with Crippen molar-refractivity contribution in [3.8, 4) is 0 Å². The minimum absolute atomic E-state index is 0.0988. The van der Waals surface area contributed by atoms with Crippen molar-refractivity contribution in [2.24, 2.45) is 0 Å². The highest BCUT2D eigenvalue weighted by Gasteiger charge is 2.22. The fraction of sp³-hybridized carbons (Fsp3) is 0.500. The van der Waals surface area contributed by atoms with Gasteiger partial charge in [0.2, 0.25) is 11.8 Å². The summed E-state index contributed by atoms with van der Waals surface area (Å²) in [4.78, 5) is 26.2. The fourth-order valence-electron chi connectivity index (χ4n) is 1.90. The lowest BCUT2D eigenvalue weighted by atomic mass is 10.2. The predicted octanol–water partition coefficient (Wildman–Crippen LogP) is 2.68. The third-order valence-electron chi connectivity index (χ3n) is 3.13. The lowest BCUT2D eigenvalue weighted by Crippen LogP contribution is -2.48. The van der Waals surface area contributed by atoms with Crippen molar-refractivity contribution >= 4 is 23.6 Å². The topological polar surface area (TPSA) is 49.4 Å². The van der Waals surface area contributed by atoms with E-state index in [0.717, 1.165) is 17.7 Å². The summed E-state index contributed by atoms with van der Waals surface area (Å²) in [5, 5.41) is 2.69. The molecule has 22 heavy (non-hydrogen) atoms. The molecule has 1 N–H and O–H groups in total. The molecule has 0 saturated carbocycles. The number of amides is 2. The Hall–Kier alpha value is -1.56. The van der Waals surface area contributed by atoms with E-state index in [0.29, 0.717) is 12.3 Å². The maximum absolute atomic E-state index is 12.9. The van der Waals surface area contributed by atoms with E-state index in [2.05, 4.69) is 12.2 Å². The SMILES string of the molecule is CCCCN(C)C(=O)C(CSc1ccc(F)cc1)NC(C)=O. The number of halogens is 1. The van der Waals surface area contributed by atoms with Crippen molar-refractivity contribution in [3.05, 3.63) is 30.1 Å². The first-order valence-corrected chi connectivity index (χ1v) is 8.33. The van der Waals surface area contributed by atoms with Crippen molar-refractivity contribution in [1.29, 1.82) is 0 Å². The maximum atomic E-state index is 12.9. The minimum Gasteiger partial charge on any atom is -0.344 e. The van der Waals surface area contributed by atoms with E-state index in [-0.39, 0.29) is 17.6 Å². The summed E-state index contributed by atoms with van der Waals surface area (Å²) in [6, 6.07) is 5.51. The third kappa shape index (κ3) is 6.47. The van der Waals surface area contributed by atoms with Gasteiger partial charge in [-0.1, -0.05) is 13.3 Å². The maximum Gasteiger partial charge on any atom is 0.245 e. The van der Waals surface area contributed by atoms with Crippen LogP contribution in [0.4, 0.5) is 4.39 Å². The summed E-state index contributed by atoms with van der Waals surface area (Å²) >= 11 is 1.42. The number of unbranched alkanes of at least 4 members (excludes halogenated alkanes) is 1. The van der Waals surface area contributed by atoms with Gasteiger partial charge >= 0.3 is 0 Å². The monoisotopic (exact) mass is 326 g/mol. The molecule has 0 heterocycles. The van der Waals surface area contributed by atoms with Crippen LogP contribution < -0.4 is 5.32 Å². The number of hydrogen-bond donors (Lipinski definition) is 1. The molecule has 0 saturated heterocycles. The molecule has 0 aromatic heterocycles. The Morgan fingerprint density at radius 1 is 1.32 bits per heavy atom. The minimum atomic E-state index is -0.575. The second-order valence-electron chi connectivity index (χ2n) is 5.13. The molecule has 0 aliphatic carbocycles. The second kappa shape index (κ2) is 9.46. The molecule has 0 radical (unpaired) electrons. The Kier molecular flexibility index (Phi) is 7.95. The predicted molar refractivity (Wildman–Crippen MR) is 87.3 cm³/mol. The van der Waals surface area contributed by atoms with Gasteiger partial charge in [0.15, 0.2) is 0 Å². The van der Waals surface area contributed by atoms with Gasteiger partial charge < -0.3 is 10.2 Å². The number of carbonyl (C=O) groups excluding carboxylic acids is 2. The summed E-state index contributed by atoms with van der Waals surface area (Å²) < 4.78 is 12.9. The zero-order valence-electron chi connectivity index (χ0n) is 13.3. The summed E-state index contributed by atoms with van der Waals surface area (Å²) in [5.41, 5.74) is 0. The molecular formula is C16H23FN2O2S. The van der Waals surface area contributed by atoms with Gasteiger partial charge in [-0.05, 0) is 30.7 Å². The lowest BCUT2D eigenvalue weighted by molar-refractivity contribution is -0.134. The van der Waals surface area contributed by atoms with Gasteiger partial charge in [-0.15, -0.1) is 11.8 Å². The Morgan fingerprint density at radius 3 is 2.50 bits per heavy atom. The van der Waals surface area contributed by atoms with Crippen molar-refractivity contribution < 1.29 is 14.0 Å². The van der Waals surface area contributed by atoms with Gasteiger partial charge in [0, 0.05) is 31.2 Å². The van der Waals surface area contributed by atoms with E-state index in [4.69, 9.17) is 0 Å². The van der Waals surface area contributed by atoms with Crippen LogP contribution in [0, 0.1) is 5.82 Å². The van der Waals surface area contributed by atoms with Gasteiger partial charge in [-0.2, -0.15) is 0 Å². The summed E-state index contributed by atoms with van der Waals surface area (Å²) in [6.45, 7) is 4.13. The van der Waals surface area contributed by atoms with E-state index in [1.165, 1.54) is 30.8 Å². The summed E-state index contributed by atoms with van der Waals surface area (Å²) in [5.74, 6) is -0.209. The van der Waals surface area contributed by atoms with Gasteiger partial charge in [-0.3, -0.25) is 9.59 Å². The Morgan fingerprint density at radius 2 is 1.95 bits per heavy atom. The van der Waals surface area contributed by atoms with Crippen LogP contribution in [0.25, 0.3) is 0 Å². The first kappa shape index (κ1) is 18.5. The molecule has 0 aliphatic heterocycles. The molecule has 0 spiro atoms. The van der Waals surface area contributed by atoms with Crippen molar-refractivity contribution in [2.75, 3.05) is 19.3 Å². The molecule has 1 atom stereocenters. The molecule has 0 bridgehead atoms. The van der Waals surface area contributed by atoms with E-state index >= 15 is 0 Å². The van der Waals surface area contributed by atoms with Crippen LogP contribution in [-0.4, -0.2) is 42.1 Å². The molecule has 0 aliphatic rings. The number of thioether (sulfide) groups is 1.